The molecule has 1 heterocycles. The molecule has 0 atom stereocenters. The van der Waals surface area contributed by atoms with Gasteiger partial charge in [-0.15, -0.1) is 23.6 Å². The molecule has 0 amide bonds. The van der Waals surface area contributed by atoms with E-state index in [2.05, 4.69) is 30.7 Å². The Labute approximate surface area is 308 Å². The van der Waals surface area contributed by atoms with E-state index < -0.39 is 19.8 Å². The number of aromatic nitrogens is 1. The number of alkyl halides is 3. The van der Waals surface area contributed by atoms with Crippen LogP contribution in [-0.4, -0.2) is 23.9 Å². The maximum absolute atomic E-state index is 15.2. The van der Waals surface area contributed by atoms with Crippen molar-refractivity contribution in [3.63, 3.8) is 0 Å². The van der Waals surface area contributed by atoms with Crippen LogP contribution in [0.2, 0.25) is 19.6 Å². The fourth-order valence-corrected chi connectivity index (χ4v) is 7.44. The van der Waals surface area contributed by atoms with Crippen molar-refractivity contribution in [1.82, 2.24) is 4.98 Å². The summed E-state index contributed by atoms with van der Waals surface area (Å²) in [7, 11) is -1.63. The van der Waals surface area contributed by atoms with Crippen LogP contribution >= 0.6 is 0 Å². The third-order valence-electron chi connectivity index (χ3n) is 8.65. The van der Waals surface area contributed by atoms with Gasteiger partial charge >= 0.3 is 6.18 Å². The van der Waals surface area contributed by atoms with Gasteiger partial charge < -0.3 is 5.11 Å². The molecule has 7 aromatic rings. The SMILES string of the molecule is CC(=O)/C=C(/C)O.C[Si](C)(C)c1ccc(-c2ccc3c(ccc4c5ccnc(-c6[c-]c7ccccc7c(C(F)(F)F)c6)c5ccc34)c2)c(F)c1.[Ir]. The van der Waals surface area contributed by atoms with Gasteiger partial charge in [0.25, 0.3) is 0 Å². The second-order valence-corrected chi connectivity index (χ2v) is 18.5. The quantitative estimate of drug-likeness (QED) is 0.0479. The monoisotopic (exact) mass is 881 g/mol. The van der Waals surface area contributed by atoms with Crippen LogP contribution < -0.4 is 5.19 Å². The molecule has 0 fully saturated rings. The van der Waals surface area contributed by atoms with Gasteiger partial charge in [0.15, 0.2) is 5.78 Å². The first-order valence-electron chi connectivity index (χ1n) is 16.1. The fraction of sp³-hybridized carbons (Fsp3) is 0.143. The molecule has 0 saturated heterocycles. The van der Waals surface area contributed by atoms with E-state index >= 15 is 4.39 Å². The zero-order valence-corrected chi connectivity index (χ0v) is 31.9. The van der Waals surface area contributed by atoms with E-state index in [1.54, 1.807) is 30.5 Å². The predicted octanol–water partition coefficient (Wildman–Crippen LogP) is 11.6. The van der Waals surface area contributed by atoms with Crippen molar-refractivity contribution >= 4 is 62.1 Å². The zero-order valence-electron chi connectivity index (χ0n) is 28.5. The number of halogens is 4. The average Bonchev–Trinajstić information content (AvgIpc) is 3.05. The molecule has 1 aromatic heterocycles. The van der Waals surface area contributed by atoms with Gasteiger partial charge in [-0.05, 0) is 75.5 Å². The number of ketones is 1. The van der Waals surface area contributed by atoms with Crippen molar-refractivity contribution in [1.29, 1.82) is 0 Å². The summed E-state index contributed by atoms with van der Waals surface area (Å²) in [6.07, 6.45) is -1.72. The molecular formula is C42H34F4IrNO2Si-. The van der Waals surface area contributed by atoms with Crippen molar-refractivity contribution in [2.24, 2.45) is 0 Å². The summed E-state index contributed by atoms with van der Waals surface area (Å²) in [5, 5.41) is 15.5. The Bertz CT molecular complexity index is 2480. The molecule has 6 aromatic carbocycles. The standard InChI is InChI=1S/C37H26F4NSi.C5H8O2.Ir/c1-43(2,3)26-10-13-29(35(38)21-26)24-8-11-27-23(18-24)9-12-31-30(27)14-15-33-32(31)16-17-42-36(33)25-19-22-6-4-5-7-28(22)34(20-25)37(39,40)41;1-4(6)3-5(2)7;/h4-18,20-21H,1-3H3;3,6H,1-2H3;/q-1;;/b;4-3-;. The number of hydrogen-bond acceptors (Lipinski definition) is 3. The summed E-state index contributed by atoms with van der Waals surface area (Å²) in [6, 6.07) is 32.1. The summed E-state index contributed by atoms with van der Waals surface area (Å²) >= 11 is 0. The molecule has 3 nitrogen and oxygen atoms in total. The van der Waals surface area contributed by atoms with E-state index in [1.165, 1.54) is 26.0 Å². The third kappa shape index (κ3) is 7.81. The normalized spacial score (nSPS) is 12.1. The van der Waals surface area contributed by atoms with Crippen molar-refractivity contribution in [2.75, 3.05) is 0 Å². The van der Waals surface area contributed by atoms with Gasteiger partial charge in [-0.3, -0.25) is 9.78 Å². The molecule has 0 saturated carbocycles. The largest absolute Gasteiger partial charge is 0.512 e. The van der Waals surface area contributed by atoms with E-state index in [0.29, 0.717) is 22.2 Å². The van der Waals surface area contributed by atoms with Gasteiger partial charge in [0.05, 0.1) is 13.8 Å². The summed E-state index contributed by atoms with van der Waals surface area (Å²) in [5.74, 6) is -0.280. The number of carbonyl (C=O) groups excluding carboxylic acids is 1. The number of fused-ring (bicyclic) bond motifs is 6. The molecule has 51 heavy (non-hydrogen) atoms. The predicted molar refractivity (Wildman–Crippen MR) is 199 cm³/mol. The maximum Gasteiger partial charge on any atom is 0.403 e. The number of aliphatic hydroxyl groups is 1. The van der Waals surface area contributed by atoms with Crippen molar-refractivity contribution in [3.8, 4) is 22.4 Å². The summed E-state index contributed by atoms with van der Waals surface area (Å²) in [6.45, 7) is 9.45. The molecule has 261 valence electrons. The van der Waals surface area contributed by atoms with Crippen molar-refractivity contribution in [2.45, 2.75) is 39.7 Å². The molecule has 7 rings (SSSR count). The van der Waals surface area contributed by atoms with E-state index in [-0.39, 0.29) is 42.9 Å². The number of nitrogens with zero attached hydrogens (tertiary/aromatic N) is 1. The molecule has 0 unspecified atom stereocenters. The van der Waals surface area contributed by atoms with Gasteiger partial charge in [0.2, 0.25) is 0 Å². The molecule has 0 spiro atoms. The maximum atomic E-state index is 15.2. The minimum Gasteiger partial charge on any atom is -0.512 e. The van der Waals surface area contributed by atoms with Crippen LogP contribution in [0.4, 0.5) is 17.6 Å². The van der Waals surface area contributed by atoms with E-state index in [9.17, 15) is 18.0 Å². The topological polar surface area (TPSA) is 50.2 Å². The minimum atomic E-state index is -4.52. The first kappa shape index (κ1) is 37.6. The van der Waals surface area contributed by atoms with Crippen LogP contribution in [-0.2, 0) is 31.1 Å². The Balaban J connectivity index is 0.000000574. The van der Waals surface area contributed by atoms with Crippen molar-refractivity contribution in [3.05, 3.63) is 133 Å². The van der Waals surface area contributed by atoms with Gasteiger partial charge in [0.1, 0.15) is 5.82 Å². The Morgan fingerprint density at radius 3 is 2.08 bits per heavy atom. The first-order chi connectivity index (χ1) is 23.6. The smallest absolute Gasteiger partial charge is 0.403 e. The number of allylic oxidation sites excluding steroid dienone is 2. The number of carbonyl (C=O) groups is 1. The number of pyridine rings is 1. The van der Waals surface area contributed by atoms with Crippen LogP contribution in [0.3, 0.4) is 0 Å². The van der Waals surface area contributed by atoms with Crippen LogP contribution in [0, 0.1) is 11.9 Å². The summed E-state index contributed by atoms with van der Waals surface area (Å²) < 4.78 is 57.4. The molecule has 0 aliphatic carbocycles. The third-order valence-corrected chi connectivity index (χ3v) is 10.7. The Hall–Kier alpha value is -4.69. The van der Waals surface area contributed by atoms with Crippen molar-refractivity contribution < 1.29 is 47.6 Å². The Morgan fingerprint density at radius 1 is 0.784 bits per heavy atom. The number of rotatable bonds is 4. The summed E-state index contributed by atoms with van der Waals surface area (Å²) in [5.41, 5.74) is 1.42. The number of hydrogen-bond donors (Lipinski definition) is 1. The Morgan fingerprint density at radius 2 is 1.43 bits per heavy atom. The number of aliphatic hydroxyl groups excluding tert-OH is 1. The van der Waals surface area contributed by atoms with Gasteiger partial charge in [-0.1, -0.05) is 103 Å². The first-order valence-corrected chi connectivity index (χ1v) is 19.6. The van der Waals surface area contributed by atoms with Gasteiger partial charge in [-0.25, -0.2) is 4.39 Å². The van der Waals surface area contributed by atoms with Crippen LogP contribution in [0.5, 0.6) is 0 Å². The number of benzene rings is 6. The van der Waals surface area contributed by atoms with Gasteiger partial charge in [-0.2, -0.15) is 13.2 Å². The molecule has 0 aliphatic heterocycles. The molecule has 0 bridgehead atoms. The van der Waals surface area contributed by atoms with Crippen LogP contribution in [0.1, 0.15) is 19.4 Å². The van der Waals surface area contributed by atoms with E-state index in [1.807, 2.05) is 60.7 Å². The van der Waals surface area contributed by atoms with Crippen LogP contribution in [0.25, 0.3) is 65.5 Å². The average molecular weight is 881 g/mol. The molecule has 1 radical (unpaired) electrons. The van der Waals surface area contributed by atoms with Gasteiger partial charge in [0, 0.05) is 43.6 Å². The molecule has 0 aliphatic rings. The van der Waals surface area contributed by atoms with Crippen LogP contribution in [0.15, 0.2) is 115 Å². The zero-order chi connectivity index (χ0) is 36.0. The Kier molecular flexibility index (Phi) is 10.7. The van der Waals surface area contributed by atoms with E-state index in [4.69, 9.17) is 5.11 Å². The van der Waals surface area contributed by atoms with E-state index in [0.717, 1.165) is 49.1 Å². The second kappa shape index (κ2) is 14.5. The molecule has 1 N–H and O–H groups in total. The minimum absolute atomic E-state index is 0. The fourth-order valence-electron chi connectivity index (χ4n) is 6.30. The molecular weight excluding hydrogens is 847 g/mol. The molecule has 9 heteroatoms. The summed E-state index contributed by atoms with van der Waals surface area (Å²) in [4.78, 5) is 14.5. The second-order valence-electron chi connectivity index (χ2n) is 13.4.